The van der Waals surface area contributed by atoms with Crippen LogP contribution in [0.5, 0.6) is 5.75 Å². The van der Waals surface area contributed by atoms with Gasteiger partial charge in [0, 0.05) is 43.4 Å². The number of carbonyl (C=O) groups excluding carboxylic acids is 2. The number of rotatable bonds is 10. The second-order valence-electron chi connectivity index (χ2n) is 11.0. The van der Waals surface area contributed by atoms with E-state index in [-0.39, 0.29) is 23.3 Å². The number of hydrazine groups is 1. The Morgan fingerprint density at radius 3 is 2.38 bits per heavy atom. The molecule has 1 aromatic heterocycles. The molecule has 1 amide bonds. The maximum atomic E-state index is 14.3. The SMILES string of the molecule is CCOC(=O)C=Cc1c2c(n(-c3ccc(F)cc3Cl)c1-c1ccc(OS(=O)(=O)CCC(F)(F)F)cc1)CCN(N1CCCCC1)C2=O. The van der Waals surface area contributed by atoms with Gasteiger partial charge in [0.2, 0.25) is 0 Å². The molecular formula is C32H32ClF4N3O6S. The molecule has 2 aromatic carbocycles. The first-order chi connectivity index (χ1) is 22.3. The topological polar surface area (TPSA) is 98.1 Å². The Morgan fingerprint density at radius 1 is 1.04 bits per heavy atom. The number of piperidine rings is 1. The lowest BCUT2D eigenvalue weighted by molar-refractivity contribution is -0.137. The van der Waals surface area contributed by atoms with E-state index in [1.807, 2.05) is 5.01 Å². The molecule has 0 aliphatic carbocycles. The monoisotopic (exact) mass is 697 g/mol. The molecule has 0 atom stereocenters. The zero-order chi connectivity index (χ0) is 33.9. The van der Waals surface area contributed by atoms with Crippen molar-refractivity contribution < 1.29 is 44.5 Å². The molecule has 0 unspecified atom stereocenters. The van der Waals surface area contributed by atoms with E-state index in [4.69, 9.17) is 20.5 Å². The molecule has 1 fully saturated rings. The fourth-order valence-corrected chi connectivity index (χ4v) is 6.98. The molecule has 252 valence electrons. The minimum atomic E-state index is -4.68. The summed E-state index contributed by atoms with van der Waals surface area (Å²) in [5.41, 5.74) is 2.35. The van der Waals surface area contributed by atoms with E-state index in [2.05, 4.69) is 0 Å². The summed E-state index contributed by atoms with van der Waals surface area (Å²) in [6.45, 7) is 3.55. The summed E-state index contributed by atoms with van der Waals surface area (Å²) < 4.78 is 88.2. The number of amides is 1. The third kappa shape index (κ3) is 7.99. The predicted octanol–water partition coefficient (Wildman–Crippen LogP) is 6.57. The number of benzene rings is 2. The first-order valence-electron chi connectivity index (χ1n) is 15.0. The van der Waals surface area contributed by atoms with Crippen LogP contribution in [0.3, 0.4) is 0 Å². The Hall–Kier alpha value is -3.88. The summed E-state index contributed by atoms with van der Waals surface area (Å²) >= 11 is 6.57. The van der Waals surface area contributed by atoms with Crippen molar-refractivity contribution in [2.24, 2.45) is 0 Å². The number of hydrogen-bond donors (Lipinski definition) is 0. The Balaban J connectivity index is 1.66. The van der Waals surface area contributed by atoms with Crippen LogP contribution in [-0.4, -0.2) is 73.0 Å². The molecular weight excluding hydrogens is 666 g/mol. The Bertz CT molecular complexity index is 1790. The van der Waals surface area contributed by atoms with Crippen molar-refractivity contribution >= 4 is 39.7 Å². The van der Waals surface area contributed by atoms with E-state index in [1.54, 1.807) is 16.5 Å². The molecule has 2 aliphatic heterocycles. The first-order valence-corrected chi connectivity index (χ1v) is 17.0. The Kier molecular flexibility index (Phi) is 10.3. The molecule has 3 heterocycles. The van der Waals surface area contributed by atoms with Crippen LogP contribution in [-0.2, 0) is 26.1 Å². The van der Waals surface area contributed by atoms with E-state index in [9.17, 15) is 35.6 Å². The number of nitrogens with zero attached hydrogens (tertiary/aromatic N) is 3. The largest absolute Gasteiger partial charge is 0.463 e. The maximum absolute atomic E-state index is 14.3. The number of aromatic nitrogens is 1. The van der Waals surface area contributed by atoms with E-state index in [0.29, 0.717) is 59.8 Å². The average Bonchev–Trinajstić information content (AvgIpc) is 3.34. The van der Waals surface area contributed by atoms with Gasteiger partial charge in [-0.25, -0.2) is 14.2 Å². The standard InChI is InChI=1S/C32H32ClF4N3O6S/c1-2-45-28(41)13-11-24-29-27(14-18-39(31(29)42)38-16-4-3-5-17-38)40(26-12-8-22(34)20-25(26)33)30(24)21-6-9-23(10-7-21)46-47(43,44)19-15-32(35,36)37/h6-13,20H,2-5,14-19H2,1H3. The molecule has 3 aromatic rings. The van der Waals surface area contributed by atoms with Gasteiger partial charge in [-0.1, -0.05) is 18.0 Å². The summed E-state index contributed by atoms with van der Waals surface area (Å²) in [6.07, 6.45) is -0.284. The van der Waals surface area contributed by atoms with Gasteiger partial charge in [-0.05, 0) is 73.9 Å². The zero-order valence-corrected chi connectivity index (χ0v) is 26.9. The average molecular weight is 698 g/mol. The van der Waals surface area contributed by atoms with Gasteiger partial charge >= 0.3 is 22.3 Å². The van der Waals surface area contributed by atoms with Crippen molar-refractivity contribution in [1.82, 2.24) is 14.6 Å². The normalized spacial score (nSPS) is 16.0. The number of esters is 1. The van der Waals surface area contributed by atoms with Crippen LogP contribution in [0.2, 0.25) is 5.02 Å². The summed E-state index contributed by atoms with van der Waals surface area (Å²) in [5.74, 6) is -3.01. The molecule has 0 spiro atoms. The smallest absolute Gasteiger partial charge is 0.390 e. The lowest BCUT2D eigenvalue weighted by Crippen LogP contribution is -2.51. The number of halogens is 5. The van der Waals surface area contributed by atoms with Gasteiger partial charge in [0.15, 0.2) is 0 Å². The van der Waals surface area contributed by atoms with Crippen LogP contribution >= 0.6 is 11.6 Å². The van der Waals surface area contributed by atoms with Crippen molar-refractivity contribution in [3.05, 3.63) is 76.2 Å². The zero-order valence-electron chi connectivity index (χ0n) is 25.4. The number of hydrogen-bond acceptors (Lipinski definition) is 7. The van der Waals surface area contributed by atoms with Crippen molar-refractivity contribution in [2.75, 3.05) is 32.0 Å². The molecule has 0 radical (unpaired) electrons. The van der Waals surface area contributed by atoms with Gasteiger partial charge in [-0.15, -0.1) is 0 Å². The maximum Gasteiger partial charge on any atom is 0.390 e. The number of ether oxygens (including phenoxy) is 1. The van der Waals surface area contributed by atoms with E-state index in [0.717, 1.165) is 25.3 Å². The fourth-order valence-electron chi connectivity index (χ4n) is 5.76. The third-order valence-electron chi connectivity index (χ3n) is 7.80. The lowest BCUT2D eigenvalue weighted by atomic mass is 9.99. The van der Waals surface area contributed by atoms with E-state index >= 15 is 0 Å². The Labute approximate surface area is 274 Å². The number of carbonyl (C=O) groups is 2. The van der Waals surface area contributed by atoms with Gasteiger partial charge < -0.3 is 13.5 Å². The molecule has 47 heavy (non-hydrogen) atoms. The van der Waals surface area contributed by atoms with E-state index in [1.165, 1.54) is 48.6 Å². The predicted molar refractivity (Wildman–Crippen MR) is 167 cm³/mol. The van der Waals surface area contributed by atoms with Gasteiger partial charge in [-0.3, -0.25) is 9.80 Å². The summed E-state index contributed by atoms with van der Waals surface area (Å²) in [5, 5.41) is 3.76. The van der Waals surface area contributed by atoms with Crippen molar-refractivity contribution in [1.29, 1.82) is 0 Å². The second kappa shape index (κ2) is 14.1. The highest BCUT2D eigenvalue weighted by Crippen LogP contribution is 2.41. The molecule has 0 N–H and O–H groups in total. The molecule has 9 nitrogen and oxygen atoms in total. The summed E-state index contributed by atoms with van der Waals surface area (Å²) in [4.78, 5) is 26.7. The van der Waals surface area contributed by atoms with Gasteiger partial charge in [0.05, 0.1) is 40.7 Å². The van der Waals surface area contributed by atoms with Gasteiger partial charge in [0.25, 0.3) is 5.91 Å². The minimum absolute atomic E-state index is 0.0478. The number of alkyl halides is 3. The highest BCUT2D eigenvalue weighted by molar-refractivity contribution is 7.87. The molecule has 1 saturated heterocycles. The molecule has 0 bridgehead atoms. The quantitative estimate of drug-likeness (QED) is 0.102. The van der Waals surface area contributed by atoms with Gasteiger partial charge in [-0.2, -0.15) is 21.6 Å². The van der Waals surface area contributed by atoms with Crippen LogP contribution in [0.4, 0.5) is 17.6 Å². The second-order valence-corrected chi connectivity index (χ2v) is 13.1. The lowest BCUT2D eigenvalue weighted by Gasteiger charge is -2.39. The van der Waals surface area contributed by atoms with E-state index < -0.39 is 40.3 Å². The number of fused-ring (bicyclic) bond motifs is 1. The van der Waals surface area contributed by atoms with Gasteiger partial charge in [0.1, 0.15) is 11.6 Å². The van der Waals surface area contributed by atoms with Crippen LogP contribution in [0, 0.1) is 5.82 Å². The molecule has 5 rings (SSSR count). The first kappa shape index (κ1) is 34.5. The Morgan fingerprint density at radius 2 is 1.74 bits per heavy atom. The van der Waals surface area contributed by atoms with Crippen molar-refractivity contribution in [3.63, 3.8) is 0 Å². The highest BCUT2D eigenvalue weighted by Gasteiger charge is 2.37. The highest BCUT2D eigenvalue weighted by atomic mass is 35.5. The van der Waals surface area contributed by atoms with Crippen LogP contribution in [0.15, 0.2) is 48.5 Å². The van der Waals surface area contributed by atoms with Crippen LogP contribution < -0.4 is 4.18 Å². The fraction of sp³-hybridized carbons (Fsp3) is 0.375. The third-order valence-corrected chi connectivity index (χ3v) is 9.25. The van der Waals surface area contributed by atoms with Crippen LogP contribution in [0.1, 0.15) is 54.2 Å². The summed E-state index contributed by atoms with van der Waals surface area (Å²) in [7, 11) is -4.56. The van der Waals surface area contributed by atoms with Crippen molar-refractivity contribution in [3.8, 4) is 22.7 Å². The van der Waals surface area contributed by atoms with Crippen LogP contribution in [0.25, 0.3) is 23.0 Å². The molecule has 2 aliphatic rings. The van der Waals surface area contributed by atoms with Crippen molar-refractivity contribution in [2.45, 2.75) is 45.2 Å². The minimum Gasteiger partial charge on any atom is -0.463 e. The molecule has 15 heteroatoms. The molecule has 0 saturated carbocycles. The summed E-state index contributed by atoms with van der Waals surface area (Å²) in [6, 6.07) is 9.30.